The monoisotopic (exact) mass is 224 g/mol. The van der Waals surface area contributed by atoms with Gasteiger partial charge in [0.1, 0.15) is 5.82 Å². The lowest BCUT2D eigenvalue weighted by Gasteiger charge is -2.21. The zero-order valence-corrected chi connectivity index (χ0v) is 9.40. The van der Waals surface area contributed by atoms with Crippen LogP contribution in [0.3, 0.4) is 0 Å². The molecular weight excluding hydrogens is 207 g/mol. The van der Waals surface area contributed by atoms with Crippen molar-refractivity contribution in [1.29, 1.82) is 0 Å². The minimum atomic E-state index is -0.616. The molecule has 2 rings (SSSR count). The molecule has 1 aromatic rings. The van der Waals surface area contributed by atoms with E-state index < -0.39 is 6.10 Å². The van der Waals surface area contributed by atoms with Crippen molar-refractivity contribution >= 4 is 0 Å². The molecule has 0 saturated carbocycles. The summed E-state index contributed by atoms with van der Waals surface area (Å²) < 4.78 is 18.8. The normalized spacial score (nSPS) is 26.9. The lowest BCUT2D eigenvalue weighted by atomic mass is 9.95. The van der Waals surface area contributed by atoms with Gasteiger partial charge in [0.15, 0.2) is 0 Å². The van der Waals surface area contributed by atoms with Crippen molar-refractivity contribution in [3.8, 4) is 0 Å². The minimum Gasteiger partial charge on any atom is -0.390 e. The van der Waals surface area contributed by atoms with Crippen molar-refractivity contribution in [2.75, 3.05) is 6.61 Å². The van der Waals surface area contributed by atoms with Crippen LogP contribution in [-0.4, -0.2) is 23.9 Å². The van der Waals surface area contributed by atoms with Gasteiger partial charge in [-0.05, 0) is 24.0 Å². The second-order valence-corrected chi connectivity index (χ2v) is 4.46. The maximum atomic E-state index is 13.4. The summed E-state index contributed by atoms with van der Waals surface area (Å²) in [4.78, 5) is 0. The van der Waals surface area contributed by atoms with E-state index in [1.807, 2.05) is 0 Å². The first-order valence-corrected chi connectivity index (χ1v) is 5.71. The molecule has 1 aliphatic rings. The molecule has 3 heteroatoms. The van der Waals surface area contributed by atoms with Crippen LogP contribution in [0.1, 0.15) is 18.9 Å². The molecule has 0 amide bonds. The van der Waals surface area contributed by atoms with Gasteiger partial charge in [-0.15, -0.1) is 0 Å². The minimum absolute atomic E-state index is 0.153. The van der Waals surface area contributed by atoms with E-state index in [1.165, 1.54) is 6.07 Å². The number of hydrogen-bond acceptors (Lipinski definition) is 2. The Balaban J connectivity index is 2.02. The molecule has 0 radical (unpaired) electrons. The Morgan fingerprint density at radius 1 is 1.50 bits per heavy atom. The summed E-state index contributed by atoms with van der Waals surface area (Å²) in [7, 11) is 0. The van der Waals surface area contributed by atoms with E-state index in [4.69, 9.17) is 4.74 Å². The Bertz CT molecular complexity index is 354. The van der Waals surface area contributed by atoms with Crippen LogP contribution in [-0.2, 0) is 11.2 Å². The van der Waals surface area contributed by atoms with Gasteiger partial charge >= 0.3 is 0 Å². The molecule has 2 nitrogen and oxygen atoms in total. The number of benzene rings is 1. The van der Waals surface area contributed by atoms with Gasteiger partial charge in [0.25, 0.3) is 0 Å². The zero-order chi connectivity index (χ0) is 11.5. The van der Waals surface area contributed by atoms with E-state index in [1.54, 1.807) is 18.2 Å². The number of rotatable bonds is 3. The van der Waals surface area contributed by atoms with Crippen molar-refractivity contribution < 1.29 is 14.2 Å². The van der Waals surface area contributed by atoms with E-state index >= 15 is 0 Å². The molecule has 0 bridgehead atoms. The number of halogens is 1. The van der Waals surface area contributed by atoms with E-state index in [-0.39, 0.29) is 11.9 Å². The summed E-state index contributed by atoms with van der Waals surface area (Å²) in [5.74, 6) is 0.0916. The largest absolute Gasteiger partial charge is 0.390 e. The third kappa shape index (κ3) is 2.42. The van der Waals surface area contributed by atoms with Gasteiger partial charge < -0.3 is 9.84 Å². The van der Waals surface area contributed by atoms with Crippen molar-refractivity contribution in [3.05, 3.63) is 35.6 Å². The maximum absolute atomic E-state index is 13.4. The SMILES string of the molecule is CC1CCOC1C(O)Cc1ccccc1F. The predicted octanol–water partition coefficient (Wildman–Crippen LogP) is 2.15. The van der Waals surface area contributed by atoms with Crippen LogP contribution < -0.4 is 0 Å². The van der Waals surface area contributed by atoms with Crippen LogP contribution in [0.4, 0.5) is 4.39 Å². The standard InChI is InChI=1S/C13H17FO2/c1-9-6-7-16-13(9)12(15)8-10-4-2-3-5-11(10)14/h2-5,9,12-13,15H,6-8H2,1H3. The van der Waals surface area contributed by atoms with E-state index in [0.717, 1.165) is 6.42 Å². The van der Waals surface area contributed by atoms with Crippen LogP contribution in [0.15, 0.2) is 24.3 Å². The third-order valence-corrected chi connectivity index (χ3v) is 3.21. The highest BCUT2D eigenvalue weighted by Gasteiger charge is 2.31. The highest BCUT2D eigenvalue weighted by atomic mass is 19.1. The molecule has 1 saturated heterocycles. The molecule has 1 aromatic carbocycles. The summed E-state index contributed by atoms with van der Waals surface area (Å²) in [6.45, 7) is 2.75. The van der Waals surface area contributed by atoms with Crippen molar-refractivity contribution in [3.63, 3.8) is 0 Å². The molecular formula is C13H17FO2. The van der Waals surface area contributed by atoms with Gasteiger partial charge in [-0.3, -0.25) is 0 Å². The second-order valence-electron chi connectivity index (χ2n) is 4.46. The van der Waals surface area contributed by atoms with Crippen LogP contribution in [0.25, 0.3) is 0 Å². The highest BCUT2D eigenvalue weighted by molar-refractivity contribution is 5.18. The fraction of sp³-hybridized carbons (Fsp3) is 0.538. The molecule has 0 spiro atoms. The van der Waals surface area contributed by atoms with E-state index in [9.17, 15) is 9.50 Å². The lowest BCUT2D eigenvalue weighted by Crippen LogP contribution is -2.32. The average Bonchev–Trinajstić information content (AvgIpc) is 2.68. The number of ether oxygens (including phenoxy) is 1. The van der Waals surface area contributed by atoms with Crippen molar-refractivity contribution in [2.24, 2.45) is 5.92 Å². The van der Waals surface area contributed by atoms with Crippen LogP contribution in [0.2, 0.25) is 0 Å². The first kappa shape index (κ1) is 11.6. The first-order valence-electron chi connectivity index (χ1n) is 5.71. The molecule has 1 N–H and O–H groups in total. The second kappa shape index (κ2) is 4.93. The molecule has 0 aromatic heterocycles. The van der Waals surface area contributed by atoms with Gasteiger partial charge in [0.2, 0.25) is 0 Å². The Kier molecular flexibility index (Phi) is 3.56. The van der Waals surface area contributed by atoms with Gasteiger partial charge in [0.05, 0.1) is 12.2 Å². The summed E-state index contributed by atoms with van der Waals surface area (Å²) in [5.41, 5.74) is 0.553. The van der Waals surface area contributed by atoms with Crippen LogP contribution in [0.5, 0.6) is 0 Å². The van der Waals surface area contributed by atoms with Gasteiger partial charge in [0, 0.05) is 13.0 Å². The molecule has 3 atom stereocenters. The van der Waals surface area contributed by atoms with Crippen molar-refractivity contribution in [2.45, 2.75) is 32.0 Å². The Morgan fingerprint density at radius 2 is 2.25 bits per heavy atom. The van der Waals surface area contributed by atoms with Crippen LogP contribution >= 0.6 is 0 Å². The van der Waals surface area contributed by atoms with Crippen LogP contribution in [0, 0.1) is 11.7 Å². The Labute approximate surface area is 95.1 Å². The van der Waals surface area contributed by atoms with Crippen molar-refractivity contribution in [1.82, 2.24) is 0 Å². The third-order valence-electron chi connectivity index (χ3n) is 3.21. The maximum Gasteiger partial charge on any atom is 0.126 e. The molecule has 1 aliphatic heterocycles. The van der Waals surface area contributed by atoms with Gasteiger partial charge in [-0.1, -0.05) is 25.1 Å². The number of hydrogen-bond donors (Lipinski definition) is 1. The first-order chi connectivity index (χ1) is 7.68. The zero-order valence-electron chi connectivity index (χ0n) is 9.40. The smallest absolute Gasteiger partial charge is 0.126 e. The molecule has 1 heterocycles. The molecule has 88 valence electrons. The lowest BCUT2D eigenvalue weighted by molar-refractivity contribution is -0.0160. The summed E-state index contributed by atoms with van der Waals surface area (Å²) >= 11 is 0. The number of aliphatic hydroxyl groups excluding tert-OH is 1. The Hall–Kier alpha value is -0.930. The van der Waals surface area contributed by atoms with Gasteiger partial charge in [-0.25, -0.2) is 4.39 Å². The molecule has 16 heavy (non-hydrogen) atoms. The fourth-order valence-electron chi connectivity index (χ4n) is 2.21. The summed E-state index contributed by atoms with van der Waals surface area (Å²) in [6.07, 6.45) is 0.523. The van der Waals surface area contributed by atoms with Gasteiger partial charge in [-0.2, -0.15) is 0 Å². The summed E-state index contributed by atoms with van der Waals surface area (Å²) in [6, 6.07) is 6.56. The van der Waals surface area contributed by atoms with E-state index in [2.05, 4.69) is 6.92 Å². The fourth-order valence-corrected chi connectivity index (χ4v) is 2.21. The summed E-state index contributed by atoms with van der Waals surface area (Å²) in [5, 5.41) is 10.0. The average molecular weight is 224 g/mol. The predicted molar refractivity (Wildman–Crippen MR) is 59.6 cm³/mol. The quantitative estimate of drug-likeness (QED) is 0.852. The van der Waals surface area contributed by atoms with E-state index in [0.29, 0.717) is 24.5 Å². The highest BCUT2D eigenvalue weighted by Crippen LogP contribution is 2.25. The number of aliphatic hydroxyl groups is 1. The molecule has 3 unspecified atom stereocenters. The molecule has 0 aliphatic carbocycles. The molecule has 1 fully saturated rings. The Morgan fingerprint density at radius 3 is 2.88 bits per heavy atom. The topological polar surface area (TPSA) is 29.5 Å².